The first-order chi connectivity index (χ1) is 15.8. The molecule has 160 valence electrons. The number of ether oxygens (including phenoxy) is 2. The summed E-state index contributed by atoms with van der Waals surface area (Å²) >= 11 is 0. The molecule has 5 rings (SSSR count). The molecule has 2 aromatic heterocycles. The molecular formula is C25H23N5O2. The third-order valence-electron chi connectivity index (χ3n) is 5.62. The van der Waals surface area contributed by atoms with E-state index in [9.17, 15) is 0 Å². The molecule has 0 unspecified atom stereocenters. The van der Waals surface area contributed by atoms with Gasteiger partial charge in [0.1, 0.15) is 29.6 Å². The van der Waals surface area contributed by atoms with Crippen LogP contribution >= 0.6 is 0 Å². The lowest BCUT2D eigenvalue weighted by Gasteiger charge is -2.13. The van der Waals surface area contributed by atoms with Crippen LogP contribution in [0.1, 0.15) is 12.8 Å². The molecule has 1 aliphatic rings. The number of hydrogen-bond donors (Lipinski definition) is 2. The first kappa shape index (κ1) is 20.0. The van der Waals surface area contributed by atoms with Crippen LogP contribution < -0.4 is 10.1 Å². The van der Waals surface area contributed by atoms with Gasteiger partial charge in [0.05, 0.1) is 17.2 Å². The van der Waals surface area contributed by atoms with Gasteiger partial charge in [-0.1, -0.05) is 30.3 Å². The molecule has 0 bridgehead atoms. The van der Waals surface area contributed by atoms with Gasteiger partial charge in [-0.25, -0.2) is 9.97 Å². The molecule has 1 aliphatic heterocycles. The van der Waals surface area contributed by atoms with Crippen LogP contribution in [0.4, 0.5) is 5.82 Å². The van der Waals surface area contributed by atoms with E-state index in [0.717, 1.165) is 58.7 Å². The molecule has 4 aromatic rings. The number of aromatic nitrogens is 3. The summed E-state index contributed by atoms with van der Waals surface area (Å²) in [6.07, 6.45) is 3.95. The second-order valence-corrected chi connectivity index (χ2v) is 7.67. The Hall–Kier alpha value is -3.89. The zero-order chi connectivity index (χ0) is 21.8. The number of nitrogens with zero attached hydrogens (tertiary/aromatic N) is 3. The van der Waals surface area contributed by atoms with Gasteiger partial charge in [-0.15, -0.1) is 0 Å². The number of fused-ring (bicyclic) bond motifs is 1. The monoisotopic (exact) mass is 425 g/mol. The van der Waals surface area contributed by atoms with Crippen LogP contribution in [0.15, 0.2) is 60.9 Å². The molecule has 1 saturated heterocycles. The molecule has 7 heteroatoms. The van der Waals surface area contributed by atoms with Crippen molar-refractivity contribution in [3.05, 3.63) is 60.9 Å². The van der Waals surface area contributed by atoms with E-state index in [1.165, 1.54) is 0 Å². The summed E-state index contributed by atoms with van der Waals surface area (Å²) in [5.41, 5.74) is 4.85. The second kappa shape index (κ2) is 9.08. The minimum atomic E-state index is 0.0241. The van der Waals surface area contributed by atoms with Crippen molar-refractivity contribution in [2.75, 3.05) is 25.1 Å². The molecule has 1 atom stereocenters. The van der Waals surface area contributed by atoms with E-state index in [4.69, 9.17) is 14.7 Å². The molecule has 32 heavy (non-hydrogen) atoms. The molecular weight excluding hydrogens is 402 g/mol. The summed E-state index contributed by atoms with van der Waals surface area (Å²) in [5.74, 6) is 1.45. The highest BCUT2D eigenvalue weighted by atomic mass is 16.5. The van der Waals surface area contributed by atoms with Crippen LogP contribution in [0.3, 0.4) is 0 Å². The summed E-state index contributed by atoms with van der Waals surface area (Å²) in [6, 6.07) is 19.9. The first-order valence-corrected chi connectivity index (χ1v) is 10.7. The Kier molecular flexibility index (Phi) is 5.69. The maximum atomic E-state index is 8.74. The number of anilines is 1. The van der Waals surface area contributed by atoms with Crippen LogP contribution in [0.25, 0.3) is 33.4 Å². The van der Waals surface area contributed by atoms with Gasteiger partial charge < -0.3 is 19.8 Å². The maximum absolute atomic E-state index is 8.74. The average Bonchev–Trinajstić information content (AvgIpc) is 3.50. The fourth-order valence-electron chi connectivity index (χ4n) is 4.12. The Bertz CT molecular complexity index is 1240. The van der Waals surface area contributed by atoms with Gasteiger partial charge in [0, 0.05) is 18.7 Å². The van der Waals surface area contributed by atoms with Crippen LogP contribution in [0, 0.1) is 11.3 Å². The van der Waals surface area contributed by atoms with Crippen molar-refractivity contribution < 1.29 is 9.47 Å². The fourth-order valence-corrected chi connectivity index (χ4v) is 4.12. The number of H-pyrrole nitrogens is 1. The Labute approximate surface area is 186 Å². The minimum Gasteiger partial charge on any atom is -0.479 e. The van der Waals surface area contributed by atoms with Gasteiger partial charge in [-0.2, -0.15) is 5.26 Å². The van der Waals surface area contributed by atoms with Crippen molar-refractivity contribution in [3.8, 4) is 34.2 Å². The van der Waals surface area contributed by atoms with Gasteiger partial charge in [-0.3, -0.25) is 0 Å². The minimum absolute atomic E-state index is 0.0241. The normalized spacial score (nSPS) is 15.5. The van der Waals surface area contributed by atoms with Crippen molar-refractivity contribution in [2.45, 2.75) is 18.9 Å². The molecule has 0 spiro atoms. The van der Waals surface area contributed by atoms with Gasteiger partial charge in [0.25, 0.3) is 0 Å². The number of rotatable bonds is 7. The molecule has 0 saturated carbocycles. The predicted octanol–water partition coefficient (Wildman–Crippen LogP) is 4.79. The molecule has 0 radical (unpaired) electrons. The molecule has 3 heterocycles. The standard InChI is InChI=1S/C25H23N5O2/c26-12-14-32-19-10-8-18(9-11-19)23-21(17-5-2-1-3-6-17)22-24(28-16-29-25(22)30-23)27-15-20-7-4-13-31-20/h1-3,5-6,8-11,16,20H,4,7,13-15H2,(H2,27,28,29,30)/t20-/m0/s1. The average molecular weight is 425 g/mol. The van der Waals surface area contributed by atoms with E-state index in [1.807, 2.05) is 48.5 Å². The molecule has 1 fully saturated rings. The van der Waals surface area contributed by atoms with Gasteiger partial charge in [0.2, 0.25) is 0 Å². The highest BCUT2D eigenvalue weighted by molar-refractivity contribution is 6.07. The molecule has 7 nitrogen and oxygen atoms in total. The Morgan fingerprint density at radius 1 is 1.09 bits per heavy atom. The number of benzene rings is 2. The predicted molar refractivity (Wildman–Crippen MR) is 123 cm³/mol. The molecule has 2 aromatic carbocycles. The van der Waals surface area contributed by atoms with E-state index >= 15 is 0 Å². The molecule has 0 amide bonds. The summed E-state index contributed by atoms with van der Waals surface area (Å²) in [4.78, 5) is 12.6. The zero-order valence-electron chi connectivity index (χ0n) is 17.5. The lowest BCUT2D eigenvalue weighted by molar-refractivity contribution is 0.120. The Morgan fingerprint density at radius 3 is 2.69 bits per heavy atom. The number of aromatic amines is 1. The van der Waals surface area contributed by atoms with Crippen molar-refractivity contribution in [1.29, 1.82) is 5.26 Å². The third kappa shape index (κ3) is 4.01. The Balaban J connectivity index is 1.59. The Morgan fingerprint density at radius 2 is 1.94 bits per heavy atom. The summed E-state index contributed by atoms with van der Waals surface area (Å²) in [6.45, 7) is 1.56. The molecule has 2 N–H and O–H groups in total. The van der Waals surface area contributed by atoms with Gasteiger partial charge >= 0.3 is 0 Å². The topological polar surface area (TPSA) is 95.9 Å². The maximum Gasteiger partial charge on any atom is 0.174 e. The van der Waals surface area contributed by atoms with E-state index in [-0.39, 0.29) is 12.7 Å². The fraction of sp³-hybridized carbons (Fsp3) is 0.240. The number of hydrogen-bond acceptors (Lipinski definition) is 6. The van der Waals surface area contributed by atoms with Crippen LogP contribution in [-0.2, 0) is 4.74 Å². The van der Waals surface area contributed by atoms with E-state index in [1.54, 1.807) is 6.33 Å². The number of nitrogens with one attached hydrogen (secondary N) is 2. The second-order valence-electron chi connectivity index (χ2n) is 7.67. The van der Waals surface area contributed by atoms with E-state index < -0.39 is 0 Å². The lowest BCUT2D eigenvalue weighted by atomic mass is 9.99. The van der Waals surface area contributed by atoms with Gasteiger partial charge in [0.15, 0.2) is 6.61 Å². The van der Waals surface area contributed by atoms with Crippen LogP contribution in [-0.4, -0.2) is 40.8 Å². The van der Waals surface area contributed by atoms with Crippen LogP contribution in [0.5, 0.6) is 5.75 Å². The largest absolute Gasteiger partial charge is 0.479 e. The zero-order valence-corrected chi connectivity index (χ0v) is 17.5. The SMILES string of the molecule is N#CCOc1ccc(-c2[nH]c3ncnc(NC[C@@H]4CCCO4)c3c2-c2ccccc2)cc1. The molecule has 0 aliphatic carbocycles. The highest BCUT2D eigenvalue weighted by Gasteiger charge is 2.21. The van der Waals surface area contributed by atoms with E-state index in [2.05, 4.69) is 32.4 Å². The quantitative estimate of drug-likeness (QED) is 0.442. The van der Waals surface area contributed by atoms with Crippen molar-refractivity contribution in [1.82, 2.24) is 15.0 Å². The first-order valence-electron chi connectivity index (χ1n) is 10.7. The summed E-state index contributed by atoms with van der Waals surface area (Å²) in [7, 11) is 0. The lowest BCUT2D eigenvalue weighted by Crippen LogP contribution is -2.19. The van der Waals surface area contributed by atoms with Gasteiger partial charge in [-0.05, 0) is 48.2 Å². The third-order valence-corrected chi connectivity index (χ3v) is 5.62. The number of nitriles is 1. The van der Waals surface area contributed by atoms with Crippen molar-refractivity contribution in [2.24, 2.45) is 0 Å². The summed E-state index contributed by atoms with van der Waals surface area (Å²) in [5, 5.41) is 13.2. The van der Waals surface area contributed by atoms with Crippen molar-refractivity contribution in [3.63, 3.8) is 0 Å². The van der Waals surface area contributed by atoms with E-state index in [0.29, 0.717) is 12.3 Å². The van der Waals surface area contributed by atoms with Crippen LogP contribution in [0.2, 0.25) is 0 Å². The van der Waals surface area contributed by atoms with Crippen molar-refractivity contribution >= 4 is 16.9 Å². The highest BCUT2D eigenvalue weighted by Crippen LogP contribution is 2.40. The smallest absolute Gasteiger partial charge is 0.174 e. The summed E-state index contributed by atoms with van der Waals surface area (Å²) < 4.78 is 11.2.